The molecule has 7 nitrogen and oxygen atoms in total. The molecule has 0 aliphatic heterocycles. The Morgan fingerprint density at radius 2 is 2.00 bits per heavy atom. The van der Waals surface area contributed by atoms with Gasteiger partial charge in [-0.3, -0.25) is 0 Å². The lowest BCUT2D eigenvalue weighted by atomic mass is 10.1. The summed E-state index contributed by atoms with van der Waals surface area (Å²) in [5.74, 6) is 0.138. The summed E-state index contributed by atoms with van der Waals surface area (Å²) in [7, 11) is -1.13. The van der Waals surface area contributed by atoms with Crippen molar-refractivity contribution in [3.05, 3.63) is 11.3 Å². The predicted molar refractivity (Wildman–Crippen MR) is 82.8 cm³/mol. The van der Waals surface area contributed by atoms with Crippen molar-refractivity contribution >= 4 is 16.3 Å². The van der Waals surface area contributed by atoms with Gasteiger partial charge in [0.15, 0.2) is 1.41 Å². The van der Waals surface area contributed by atoms with E-state index in [1.54, 1.807) is 13.8 Å². The zero-order valence-corrected chi connectivity index (χ0v) is 14.1. The van der Waals surface area contributed by atoms with Crippen molar-refractivity contribution in [2.75, 3.05) is 25.9 Å². The third-order valence-electron chi connectivity index (χ3n) is 2.88. The number of unbranched alkanes of at least 4 members (excludes halogenated alkanes) is 1. The van der Waals surface area contributed by atoms with E-state index in [1.165, 1.54) is 14.1 Å². The van der Waals surface area contributed by atoms with Gasteiger partial charge < -0.3 is 9.49 Å². The van der Waals surface area contributed by atoms with Crippen LogP contribution in [0.5, 0.6) is 5.88 Å². The van der Waals surface area contributed by atoms with E-state index in [2.05, 4.69) is 9.97 Å². The van der Waals surface area contributed by atoms with Gasteiger partial charge in [0.25, 0.3) is 0 Å². The number of anilines is 1. The Hall–Kier alpha value is -1.41. The van der Waals surface area contributed by atoms with E-state index in [0.717, 1.165) is 22.5 Å². The Morgan fingerprint density at radius 3 is 2.52 bits per heavy atom. The van der Waals surface area contributed by atoms with Crippen molar-refractivity contribution in [2.24, 2.45) is 0 Å². The molecule has 0 radical (unpaired) electrons. The molecule has 0 spiro atoms. The van der Waals surface area contributed by atoms with Crippen molar-refractivity contribution in [3.8, 4) is 5.88 Å². The van der Waals surface area contributed by atoms with Gasteiger partial charge in [-0.15, -0.1) is 0 Å². The summed E-state index contributed by atoms with van der Waals surface area (Å²) in [6.07, 6.45) is 2.46. The van der Waals surface area contributed by atoms with Crippen LogP contribution in [0, 0.1) is 6.92 Å². The fourth-order valence-electron chi connectivity index (χ4n) is 1.65. The number of nitrogens with one attached hydrogen (secondary N) is 1. The first-order valence-electron chi connectivity index (χ1n) is 7.43. The molecule has 0 aromatic carbocycles. The lowest BCUT2D eigenvalue weighted by Crippen LogP contribution is -2.28. The Labute approximate surface area is 128 Å². The molecule has 1 heterocycles. The van der Waals surface area contributed by atoms with E-state index in [4.69, 9.17) is 5.59 Å². The molecular formula is C13H24N4O3S. The summed E-state index contributed by atoms with van der Waals surface area (Å²) in [5, 5.41) is 1.09. The van der Waals surface area contributed by atoms with E-state index in [-0.39, 0.29) is 11.8 Å². The first-order valence-corrected chi connectivity index (χ1v) is 8.35. The fraction of sp³-hybridized carbons (Fsp3) is 0.692. The minimum atomic E-state index is -3.90. The molecule has 0 saturated carbocycles. The molecule has 120 valence electrons. The molecule has 1 aromatic heterocycles. The van der Waals surface area contributed by atoms with Gasteiger partial charge >= 0.3 is 10.3 Å². The minimum Gasteiger partial charge on any atom is -0.354 e. The average Bonchev–Trinajstić information content (AvgIpc) is 2.44. The second-order valence-corrected chi connectivity index (χ2v) is 6.55. The summed E-state index contributed by atoms with van der Waals surface area (Å²) >= 11 is 0. The van der Waals surface area contributed by atoms with Crippen molar-refractivity contribution in [3.63, 3.8) is 0 Å². The largest absolute Gasteiger partial charge is 0.386 e. The highest BCUT2D eigenvalue weighted by Crippen LogP contribution is 2.24. The van der Waals surface area contributed by atoms with Gasteiger partial charge in [0.2, 0.25) is 11.8 Å². The molecule has 0 unspecified atom stereocenters. The highest BCUT2D eigenvalue weighted by atomic mass is 32.2. The molecular weight excluding hydrogens is 292 g/mol. The molecule has 0 aliphatic rings. The van der Waals surface area contributed by atoms with Gasteiger partial charge in [-0.1, -0.05) is 13.3 Å². The Bertz CT molecular complexity index is 608. The second-order valence-electron chi connectivity index (χ2n) is 4.79. The Balaban J connectivity index is 3.32. The molecule has 0 bridgehead atoms. The van der Waals surface area contributed by atoms with Crippen molar-refractivity contribution in [1.82, 2.24) is 14.3 Å². The first kappa shape index (κ1) is 16.0. The molecule has 0 saturated heterocycles. The molecule has 0 amide bonds. The van der Waals surface area contributed by atoms with Crippen molar-refractivity contribution < 1.29 is 14.0 Å². The fourth-order valence-corrected chi connectivity index (χ4v) is 2.14. The van der Waals surface area contributed by atoms with Crippen LogP contribution in [-0.2, 0) is 16.7 Å². The monoisotopic (exact) mass is 317 g/mol. The second kappa shape index (κ2) is 7.56. The molecule has 21 heavy (non-hydrogen) atoms. The maximum Gasteiger partial charge on any atom is 0.386 e. The summed E-state index contributed by atoms with van der Waals surface area (Å²) in [4.78, 5) is 8.40. The quantitative estimate of drug-likeness (QED) is 0.786. The minimum absolute atomic E-state index is 0.00958. The molecule has 1 N–H and O–H groups in total. The van der Waals surface area contributed by atoms with Crippen molar-refractivity contribution in [2.45, 2.75) is 40.0 Å². The van der Waals surface area contributed by atoms with Crippen LogP contribution in [0.2, 0.25) is 1.41 Å². The van der Waals surface area contributed by atoms with Crippen LogP contribution in [0.4, 0.5) is 5.95 Å². The standard InChI is InChI=1S/C13H24N4O3S/c1-6-8-9-11-10(3)15-13(14-7-2)16-12(11)20-21(18,19)17(4)5/h6-9H2,1-5H3,(H,14,15,16)/i/hD. The summed E-state index contributed by atoms with van der Waals surface area (Å²) in [5.41, 5.74) is 1.30. The predicted octanol–water partition coefficient (Wildman–Crippen LogP) is 1.74. The van der Waals surface area contributed by atoms with Gasteiger partial charge in [-0.25, -0.2) is 4.98 Å². The molecule has 1 rings (SSSR count). The number of hydrogen-bond acceptors (Lipinski definition) is 6. The van der Waals surface area contributed by atoms with Gasteiger partial charge in [0.1, 0.15) is 0 Å². The zero-order valence-electron chi connectivity index (χ0n) is 14.3. The summed E-state index contributed by atoms with van der Waals surface area (Å²) < 4.78 is 37.8. The smallest absolute Gasteiger partial charge is 0.354 e. The number of hydrogen-bond donors (Lipinski definition) is 1. The van der Waals surface area contributed by atoms with Gasteiger partial charge in [-0.05, 0) is 26.7 Å². The number of aromatic nitrogens is 2. The molecule has 0 fully saturated rings. The molecule has 1 aromatic rings. The van der Waals surface area contributed by atoms with Crippen LogP contribution >= 0.6 is 0 Å². The number of rotatable bonds is 8. The van der Waals surface area contributed by atoms with E-state index in [9.17, 15) is 8.42 Å². The lowest BCUT2D eigenvalue weighted by Gasteiger charge is -2.16. The van der Waals surface area contributed by atoms with E-state index in [1.807, 2.05) is 6.92 Å². The Kier molecular flexibility index (Phi) is 5.75. The van der Waals surface area contributed by atoms with Crippen LogP contribution in [0.1, 0.15) is 37.9 Å². The molecule has 0 atom stereocenters. The van der Waals surface area contributed by atoms with Gasteiger partial charge in [0, 0.05) is 31.9 Å². The number of aryl methyl sites for hydroxylation is 1. The van der Waals surface area contributed by atoms with Crippen LogP contribution in [0.3, 0.4) is 0 Å². The van der Waals surface area contributed by atoms with Crippen LogP contribution in [0.25, 0.3) is 0 Å². The highest BCUT2D eigenvalue weighted by molar-refractivity contribution is 7.84. The van der Waals surface area contributed by atoms with Crippen LogP contribution in [0.15, 0.2) is 0 Å². The maximum atomic E-state index is 12.0. The molecule has 8 heteroatoms. The number of nitrogens with zero attached hydrogens (tertiary/aromatic N) is 3. The first-order chi connectivity index (χ1) is 10.2. The van der Waals surface area contributed by atoms with E-state index < -0.39 is 10.3 Å². The average molecular weight is 317 g/mol. The normalized spacial score (nSPS) is 12.4. The van der Waals surface area contributed by atoms with E-state index in [0.29, 0.717) is 24.2 Å². The maximum absolute atomic E-state index is 12.0. The van der Waals surface area contributed by atoms with Crippen molar-refractivity contribution in [1.29, 1.82) is 0 Å². The van der Waals surface area contributed by atoms with Crippen LogP contribution in [-0.4, -0.2) is 43.3 Å². The topological polar surface area (TPSA) is 84.4 Å². The summed E-state index contributed by atoms with van der Waals surface area (Å²) in [6.45, 7) is 5.99. The third kappa shape index (κ3) is 4.82. The zero-order chi connectivity index (χ0) is 16.9. The van der Waals surface area contributed by atoms with Gasteiger partial charge in [-0.2, -0.15) is 17.7 Å². The molecule has 0 aliphatic carbocycles. The SMILES string of the molecule is [2H]N(CC)c1nc(C)c(CCCC)c(OS(=O)(=O)N(C)C)n1. The van der Waals surface area contributed by atoms with E-state index >= 15 is 0 Å². The van der Waals surface area contributed by atoms with Gasteiger partial charge in [0.05, 0.1) is 0 Å². The highest BCUT2D eigenvalue weighted by Gasteiger charge is 2.21. The third-order valence-corrected chi connectivity index (χ3v) is 4.14. The lowest BCUT2D eigenvalue weighted by molar-refractivity contribution is 0.411. The van der Waals surface area contributed by atoms with Crippen LogP contribution < -0.4 is 9.49 Å². The Morgan fingerprint density at radius 1 is 1.33 bits per heavy atom. The summed E-state index contributed by atoms with van der Waals surface area (Å²) in [6, 6.07) is 0.